The molecule has 0 fully saturated rings. The fraction of sp³-hybridized carbons (Fsp3) is 0.222. The molecule has 0 saturated heterocycles. The van der Waals surface area contributed by atoms with Gasteiger partial charge < -0.3 is 0 Å². The Morgan fingerprint density at radius 3 is 2.76 bits per heavy atom. The minimum absolute atomic E-state index is 0.0222. The van der Waals surface area contributed by atoms with E-state index in [2.05, 4.69) is 30.3 Å². The molecule has 1 atom stereocenters. The highest BCUT2D eigenvalue weighted by Crippen LogP contribution is 2.46. The molecule has 2 aromatic rings. The summed E-state index contributed by atoms with van der Waals surface area (Å²) in [7, 11) is 0. The van der Waals surface area contributed by atoms with Crippen molar-refractivity contribution in [3.8, 4) is 6.07 Å². The SMILES string of the molecule is CCC1=C(C#N)C(=O)CC(c2cccc3ccccc23)S1. The highest BCUT2D eigenvalue weighted by molar-refractivity contribution is 8.03. The van der Waals surface area contributed by atoms with Gasteiger partial charge in [0.2, 0.25) is 0 Å². The Balaban J connectivity index is 2.08. The van der Waals surface area contributed by atoms with Crippen LogP contribution in [0.4, 0.5) is 0 Å². The fourth-order valence-electron chi connectivity index (χ4n) is 2.79. The van der Waals surface area contributed by atoms with Gasteiger partial charge in [-0.15, -0.1) is 11.8 Å². The van der Waals surface area contributed by atoms with E-state index in [0.29, 0.717) is 12.0 Å². The maximum atomic E-state index is 12.2. The summed E-state index contributed by atoms with van der Waals surface area (Å²) >= 11 is 1.67. The van der Waals surface area contributed by atoms with E-state index < -0.39 is 0 Å². The molecule has 1 aliphatic rings. The fourth-order valence-corrected chi connectivity index (χ4v) is 4.14. The van der Waals surface area contributed by atoms with E-state index >= 15 is 0 Å². The first-order valence-corrected chi connectivity index (χ1v) is 7.93. The van der Waals surface area contributed by atoms with E-state index in [4.69, 9.17) is 5.26 Å². The number of carbonyl (C=O) groups is 1. The summed E-state index contributed by atoms with van der Waals surface area (Å²) in [5, 5.41) is 11.6. The quantitative estimate of drug-likeness (QED) is 0.800. The van der Waals surface area contributed by atoms with Crippen LogP contribution in [-0.2, 0) is 4.79 Å². The maximum absolute atomic E-state index is 12.2. The lowest BCUT2D eigenvalue weighted by atomic mass is 9.97. The number of nitrogens with zero attached hydrogens (tertiary/aromatic N) is 1. The molecular formula is C18H15NOS. The maximum Gasteiger partial charge on any atom is 0.175 e. The highest BCUT2D eigenvalue weighted by Gasteiger charge is 2.29. The average Bonchev–Trinajstić information content (AvgIpc) is 2.53. The summed E-state index contributed by atoms with van der Waals surface area (Å²) in [4.78, 5) is 13.1. The second-order valence-electron chi connectivity index (χ2n) is 5.07. The molecule has 1 aliphatic heterocycles. The van der Waals surface area contributed by atoms with Crippen LogP contribution >= 0.6 is 11.8 Å². The molecule has 0 bridgehead atoms. The zero-order valence-electron chi connectivity index (χ0n) is 11.8. The van der Waals surface area contributed by atoms with Crippen molar-refractivity contribution in [2.45, 2.75) is 25.0 Å². The molecule has 0 amide bonds. The van der Waals surface area contributed by atoms with Crippen molar-refractivity contribution in [1.29, 1.82) is 5.26 Å². The molecule has 1 unspecified atom stereocenters. The first-order valence-electron chi connectivity index (χ1n) is 7.05. The topological polar surface area (TPSA) is 40.9 Å². The number of allylic oxidation sites excluding steroid dienone is 2. The first-order chi connectivity index (χ1) is 10.2. The van der Waals surface area contributed by atoms with Gasteiger partial charge in [-0.05, 0) is 22.8 Å². The van der Waals surface area contributed by atoms with Gasteiger partial charge >= 0.3 is 0 Å². The van der Waals surface area contributed by atoms with E-state index in [1.807, 2.05) is 25.1 Å². The van der Waals surface area contributed by atoms with Crippen LogP contribution in [0.5, 0.6) is 0 Å². The molecule has 2 aromatic carbocycles. The van der Waals surface area contributed by atoms with Gasteiger partial charge in [-0.25, -0.2) is 0 Å². The van der Waals surface area contributed by atoms with Crippen molar-refractivity contribution in [2.24, 2.45) is 0 Å². The Labute approximate surface area is 128 Å². The summed E-state index contributed by atoms with van der Waals surface area (Å²) < 4.78 is 0. The van der Waals surface area contributed by atoms with Crippen LogP contribution in [0.1, 0.15) is 30.6 Å². The minimum atomic E-state index is -0.0222. The van der Waals surface area contributed by atoms with Crippen molar-refractivity contribution in [2.75, 3.05) is 0 Å². The van der Waals surface area contributed by atoms with Gasteiger partial charge in [0, 0.05) is 16.6 Å². The molecule has 104 valence electrons. The van der Waals surface area contributed by atoms with Crippen LogP contribution in [0.2, 0.25) is 0 Å². The highest BCUT2D eigenvalue weighted by atomic mass is 32.2. The van der Waals surface area contributed by atoms with Gasteiger partial charge in [0.15, 0.2) is 5.78 Å². The molecule has 0 spiro atoms. The Bertz CT molecular complexity index is 780. The molecule has 0 aromatic heterocycles. The summed E-state index contributed by atoms with van der Waals surface area (Å²) in [6.07, 6.45) is 1.14. The molecular weight excluding hydrogens is 278 g/mol. The lowest BCUT2D eigenvalue weighted by Gasteiger charge is -2.24. The Hall–Kier alpha value is -2.05. The largest absolute Gasteiger partial charge is 0.293 e. The minimum Gasteiger partial charge on any atom is -0.293 e. The Kier molecular flexibility index (Phi) is 3.81. The molecule has 0 radical (unpaired) electrons. The lowest BCUT2D eigenvalue weighted by molar-refractivity contribution is -0.115. The summed E-state index contributed by atoms with van der Waals surface area (Å²) in [6, 6.07) is 16.5. The molecule has 3 rings (SSSR count). The third kappa shape index (κ3) is 2.48. The molecule has 2 nitrogen and oxygen atoms in total. The number of hydrogen-bond acceptors (Lipinski definition) is 3. The molecule has 0 aliphatic carbocycles. The number of hydrogen-bond donors (Lipinski definition) is 0. The van der Waals surface area contributed by atoms with Crippen molar-refractivity contribution in [3.05, 3.63) is 58.5 Å². The summed E-state index contributed by atoms with van der Waals surface area (Å²) in [5.74, 6) is -0.0222. The molecule has 0 saturated carbocycles. The third-order valence-corrected chi connectivity index (χ3v) is 5.30. The van der Waals surface area contributed by atoms with Gasteiger partial charge in [-0.2, -0.15) is 5.26 Å². The molecule has 3 heteroatoms. The van der Waals surface area contributed by atoms with Crippen LogP contribution in [-0.4, -0.2) is 5.78 Å². The second kappa shape index (κ2) is 5.75. The summed E-state index contributed by atoms with van der Waals surface area (Å²) in [5.41, 5.74) is 1.55. The van der Waals surface area contributed by atoms with Crippen LogP contribution < -0.4 is 0 Å². The van der Waals surface area contributed by atoms with E-state index in [0.717, 1.165) is 11.3 Å². The second-order valence-corrected chi connectivity index (χ2v) is 6.36. The first kappa shape index (κ1) is 13.9. The third-order valence-electron chi connectivity index (χ3n) is 3.82. The van der Waals surface area contributed by atoms with Crippen LogP contribution in [0, 0.1) is 11.3 Å². The zero-order valence-corrected chi connectivity index (χ0v) is 12.6. The molecule has 1 heterocycles. The van der Waals surface area contributed by atoms with Gasteiger partial charge in [0.1, 0.15) is 11.6 Å². The number of benzene rings is 2. The van der Waals surface area contributed by atoms with Gasteiger partial charge in [0.05, 0.1) is 0 Å². The molecule has 21 heavy (non-hydrogen) atoms. The summed E-state index contributed by atoms with van der Waals surface area (Å²) in [6.45, 7) is 2.00. The monoisotopic (exact) mass is 293 g/mol. The number of rotatable bonds is 2. The average molecular weight is 293 g/mol. The smallest absolute Gasteiger partial charge is 0.175 e. The van der Waals surface area contributed by atoms with E-state index in [-0.39, 0.29) is 11.0 Å². The van der Waals surface area contributed by atoms with Crippen molar-refractivity contribution in [1.82, 2.24) is 0 Å². The standard InChI is InChI=1S/C18H15NOS/c1-2-17-15(11-19)16(20)10-18(21-17)14-9-5-7-12-6-3-4-8-13(12)14/h3-9,18H,2,10H2,1H3. The van der Waals surface area contributed by atoms with Gasteiger partial charge in [-0.3, -0.25) is 4.79 Å². The van der Waals surface area contributed by atoms with Gasteiger partial charge in [-0.1, -0.05) is 49.4 Å². The van der Waals surface area contributed by atoms with E-state index in [1.165, 1.54) is 16.3 Å². The van der Waals surface area contributed by atoms with Crippen LogP contribution in [0.25, 0.3) is 10.8 Å². The zero-order chi connectivity index (χ0) is 14.8. The predicted molar refractivity (Wildman–Crippen MR) is 86.8 cm³/mol. The number of nitriles is 1. The van der Waals surface area contributed by atoms with E-state index in [9.17, 15) is 4.79 Å². The molecule has 0 N–H and O–H groups in total. The predicted octanol–water partition coefficient (Wildman–Crippen LogP) is 4.77. The number of thioether (sulfide) groups is 1. The Morgan fingerprint density at radius 2 is 2.00 bits per heavy atom. The van der Waals surface area contributed by atoms with Crippen molar-refractivity contribution in [3.63, 3.8) is 0 Å². The van der Waals surface area contributed by atoms with Crippen molar-refractivity contribution >= 4 is 28.3 Å². The van der Waals surface area contributed by atoms with Crippen LogP contribution in [0.15, 0.2) is 52.9 Å². The normalized spacial score (nSPS) is 18.9. The lowest BCUT2D eigenvalue weighted by Crippen LogP contribution is -2.14. The van der Waals surface area contributed by atoms with Crippen LogP contribution in [0.3, 0.4) is 0 Å². The number of Topliss-reactive ketones (excluding diaryl/α,β-unsaturated/α-hetero) is 1. The number of carbonyl (C=O) groups excluding carboxylic acids is 1. The van der Waals surface area contributed by atoms with Gasteiger partial charge in [0.25, 0.3) is 0 Å². The van der Waals surface area contributed by atoms with Crippen molar-refractivity contribution < 1.29 is 4.79 Å². The number of ketones is 1. The van der Waals surface area contributed by atoms with E-state index in [1.54, 1.807) is 11.8 Å². The number of fused-ring (bicyclic) bond motifs is 1. The Morgan fingerprint density at radius 1 is 1.24 bits per heavy atom.